The standard InChI is InChI=1S/C18H16/c1-15-7-11-17(12-8-15)5-3-4-6-18-13-9-16(2)10-14-18/h3,5,7-14H,1-2H3/b5-3-. The van der Waals surface area contributed by atoms with Gasteiger partial charge < -0.3 is 0 Å². The van der Waals surface area contributed by atoms with Crippen LogP contribution in [0.4, 0.5) is 0 Å². The Labute approximate surface area is 109 Å². The summed E-state index contributed by atoms with van der Waals surface area (Å²) in [4.78, 5) is 0. The van der Waals surface area contributed by atoms with Gasteiger partial charge >= 0.3 is 0 Å². The largest absolute Gasteiger partial charge is 0.0696 e. The zero-order chi connectivity index (χ0) is 12.8. The molecule has 0 nitrogen and oxygen atoms in total. The van der Waals surface area contributed by atoms with Crippen molar-refractivity contribution in [1.29, 1.82) is 0 Å². The van der Waals surface area contributed by atoms with Crippen molar-refractivity contribution in [2.45, 2.75) is 13.8 Å². The van der Waals surface area contributed by atoms with Crippen LogP contribution in [-0.2, 0) is 0 Å². The highest BCUT2D eigenvalue weighted by Crippen LogP contribution is 2.05. The van der Waals surface area contributed by atoms with E-state index >= 15 is 0 Å². The predicted molar refractivity (Wildman–Crippen MR) is 78.3 cm³/mol. The lowest BCUT2D eigenvalue weighted by Crippen LogP contribution is -1.74. The molecule has 0 aromatic heterocycles. The molecule has 0 bridgehead atoms. The molecule has 0 spiro atoms. The van der Waals surface area contributed by atoms with Gasteiger partial charge in [-0.2, -0.15) is 0 Å². The molecular weight excluding hydrogens is 216 g/mol. The van der Waals surface area contributed by atoms with Gasteiger partial charge in [0, 0.05) is 5.56 Å². The number of benzene rings is 2. The van der Waals surface area contributed by atoms with Crippen LogP contribution in [0.5, 0.6) is 0 Å². The molecule has 2 aromatic rings. The second kappa shape index (κ2) is 5.89. The van der Waals surface area contributed by atoms with Gasteiger partial charge in [0.05, 0.1) is 0 Å². The van der Waals surface area contributed by atoms with Gasteiger partial charge in [0.2, 0.25) is 0 Å². The van der Waals surface area contributed by atoms with Gasteiger partial charge in [-0.3, -0.25) is 0 Å². The average molecular weight is 232 g/mol. The SMILES string of the molecule is Cc1ccc(C#C/C=C\c2ccc(C)cc2)cc1. The monoisotopic (exact) mass is 232 g/mol. The van der Waals surface area contributed by atoms with E-state index in [-0.39, 0.29) is 0 Å². The molecule has 0 heterocycles. The normalized spacial score (nSPS) is 10.1. The van der Waals surface area contributed by atoms with E-state index in [1.54, 1.807) is 0 Å². The van der Waals surface area contributed by atoms with E-state index in [1.807, 2.05) is 24.3 Å². The van der Waals surface area contributed by atoms with Gasteiger partial charge in [0.1, 0.15) is 0 Å². The molecule has 0 saturated heterocycles. The number of hydrogen-bond acceptors (Lipinski definition) is 0. The summed E-state index contributed by atoms with van der Waals surface area (Å²) in [5, 5.41) is 0. The van der Waals surface area contributed by atoms with Crippen LogP contribution in [0.25, 0.3) is 6.08 Å². The van der Waals surface area contributed by atoms with E-state index in [0.717, 1.165) is 5.56 Å². The molecule has 0 N–H and O–H groups in total. The molecule has 88 valence electrons. The summed E-state index contributed by atoms with van der Waals surface area (Å²) in [6.07, 6.45) is 3.92. The fraction of sp³-hybridized carbons (Fsp3) is 0.111. The van der Waals surface area contributed by atoms with Crippen molar-refractivity contribution in [2.24, 2.45) is 0 Å². The van der Waals surface area contributed by atoms with Gasteiger partial charge in [-0.1, -0.05) is 59.4 Å². The van der Waals surface area contributed by atoms with Crippen molar-refractivity contribution in [2.75, 3.05) is 0 Å². The lowest BCUT2D eigenvalue weighted by molar-refractivity contribution is 1.46. The Morgan fingerprint density at radius 3 is 1.94 bits per heavy atom. The number of rotatable bonds is 1. The molecule has 2 aromatic carbocycles. The van der Waals surface area contributed by atoms with Gasteiger partial charge in [-0.15, -0.1) is 0 Å². The zero-order valence-corrected chi connectivity index (χ0v) is 10.8. The van der Waals surface area contributed by atoms with Crippen LogP contribution in [-0.4, -0.2) is 0 Å². The maximum Gasteiger partial charge on any atom is 0.0249 e. The van der Waals surface area contributed by atoms with E-state index in [9.17, 15) is 0 Å². The van der Waals surface area contributed by atoms with Crippen molar-refractivity contribution in [3.8, 4) is 11.8 Å². The molecule has 0 fully saturated rings. The first kappa shape index (κ1) is 12.2. The molecule has 0 radical (unpaired) electrons. The Balaban J connectivity index is 2.03. The van der Waals surface area contributed by atoms with Gasteiger partial charge in [0.15, 0.2) is 0 Å². The molecule has 0 aliphatic heterocycles. The van der Waals surface area contributed by atoms with E-state index in [1.165, 1.54) is 16.7 Å². The van der Waals surface area contributed by atoms with E-state index in [4.69, 9.17) is 0 Å². The Morgan fingerprint density at radius 2 is 1.33 bits per heavy atom. The molecule has 0 unspecified atom stereocenters. The zero-order valence-electron chi connectivity index (χ0n) is 10.8. The quantitative estimate of drug-likeness (QED) is 0.640. The number of hydrogen-bond donors (Lipinski definition) is 0. The first-order valence-electron chi connectivity index (χ1n) is 6.05. The van der Waals surface area contributed by atoms with E-state index < -0.39 is 0 Å². The number of allylic oxidation sites excluding steroid dienone is 1. The van der Waals surface area contributed by atoms with Crippen LogP contribution in [0.15, 0.2) is 54.6 Å². The molecule has 18 heavy (non-hydrogen) atoms. The molecule has 0 heteroatoms. The maximum absolute atomic E-state index is 3.12. The molecule has 0 saturated carbocycles. The van der Waals surface area contributed by atoms with Crippen LogP contribution in [0.2, 0.25) is 0 Å². The molecule has 0 amide bonds. The van der Waals surface area contributed by atoms with Gasteiger partial charge in [-0.05, 0) is 43.7 Å². The summed E-state index contributed by atoms with van der Waals surface area (Å²) >= 11 is 0. The third kappa shape index (κ3) is 3.64. The van der Waals surface area contributed by atoms with Crippen molar-refractivity contribution in [3.05, 3.63) is 76.9 Å². The summed E-state index contributed by atoms with van der Waals surface area (Å²) in [6.45, 7) is 4.17. The summed E-state index contributed by atoms with van der Waals surface area (Å²) in [6, 6.07) is 16.6. The topological polar surface area (TPSA) is 0 Å². The Kier molecular flexibility index (Phi) is 3.99. The van der Waals surface area contributed by atoms with Crippen molar-refractivity contribution in [1.82, 2.24) is 0 Å². The van der Waals surface area contributed by atoms with Gasteiger partial charge in [0.25, 0.3) is 0 Å². The summed E-state index contributed by atoms with van der Waals surface area (Å²) < 4.78 is 0. The second-order valence-corrected chi connectivity index (χ2v) is 4.38. The van der Waals surface area contributed by atoms with E-state index in [2.05, 4.69) is 62.1 Å². The average Bonchev–Trinajstić information content (AvgIpc) is 2.39. The molecule has 0 atom stereocenters. The van der Waals surface area contributed by atoms with Crippen LogP contribution < -0.4 is 0 Å². The number of aryl methyl sites for hydroxylation is 2. The van der Waals surface area contributed by atoms with Crippen molar-refractivity contribution >= 4 is 6.08 Å². The summed E-state index contributed by atoms with van der Waals surface area (Å²) in [5.74, 6) is 6.17. The summed E-state index contributed by atoms with van der Waals surface area (Å²) in [7, 11) is 0. The highest BCUT2D eigenvalue weighted by Gasteiger charge is 1.86. The minimum absolute atomic E-state index is 1.05. The van der Waals surface area contributed by atoms with E-state index in [0.29, 0.717) is 0 Å². The van der Waals surface area contributed by atoms with Crippen LogP contribution in [0.1, 0.15) is 22.3 Å². The molecule has 2 rings (SSSR count). The predicted octanol–water partition coefficient (Wildman–Crippen LogP) is 4.37. The fourth-order valence-electron chi connectivity index (χ4n) is 1.58. The third-order valence-corrected chi connectivity index (χ3v) is 2.70. The molecule has 0 aliphatic rings. The highest BCUT2D eigenvalue weighted by atomic mass is 13.9. The Hall–Kier alpha value is -2.26. The van der Waals surface area contributed by atoms with Crippen LogP contribution in [0, 0.1) is 25.7 Å². The highest BCUT2D eigenvalue weighted by molar-refractivity contribution is 5.54. The Morgan fingerprint density at radius 1 is 0.778 bits per heavy atom. The minimum Gasteiger partial charge on any atom is -0.0696 e. The van der Waals surface area contributed by atoms with Crippen LogP contribution >= 0.6 is 0 Å². The first-order valence-corrected chi connectivity index (χ1v) is 6.05. The lowest BCUT2D eigenvalue weighted by Gasteiger charge is -1.92. The lowest BCUT2D eigenvalue weighted by atomic mass is 10.1. The summed E-state index contributed by atoms with van der Waals surface area (Å²) in [5.41, 5.74) is 4.77. The molecule has 0 aliphatic carbocycles. The fourth-order valence-corrected chi connectivity index (χ4v) is 1.58. The van der Waals surface area contributed by atoms with Crippen LogP contribution in [0.3, 0.4) is 0 Å². The smallest absolute Gasteiger partial charge is 0.0249 e. The minimum atomic E-state index is 1.05. The van der Waals surface area contributed by atoms with Crippen molar-refractivity contribution < 1.29 is 0 Å². The van der Waals surface area contributed by atoms with Gasteiger partial charge in [-0.25, -0.2) is 0 Å². The second-order valence-electron chi connectivity index (χ2n) is 4.38. The first-order chi connectivity index (χ1) is 8.74. The van der Waals surface area contributed by atoms with Crippen molar-refractivity contribution in [3.63, 3.8) is 0 Å². The maximum atomic E-state index is 3.12. The Bertz CT molecular complexity index is 587. The third-order valence-electron chi connectivity index (χ3n) is 2.70. The molecular formula is C18H16.